The molecular formula is C26H41B7F3N5O2. The number of alkyl halides is 3. The Hall–Kier alpha value is -2.43. The van der Waals surface area contributed by atoms with Gasteiger partial charge in [-0.2, -0.15) is 13.2 Å². The van der Waals surface area contributed by atoms with Crippen molar-refractivity contribution in [2.24, 2.45) is 5.92 Å². The molecule has 0 radical (unpaired) electrons. The van der Waals surface area contributed by atoms with Gasteiger partial charge in [-0.1, -0.05) is 10.9 Å². The van der Waals surface area contributed by atoms with Crippen molar-refractivity contribution in [1.82, 2.24) is 19.8 Å². The van der Waals surface area contributed by atoms with E-state index >= 15 is 0 Å². The van der Waals surface area contributed by atoms with Crippen LogP contribution in [0.5, 0.6) is 0 Å². The molecule has 1 aromatic carbocycles. The number of anilines is 1. The molecule has 2 fully saturated rings. The fourth-order valence-corrected chi connectivity index (χ4v) is 7.01. The molecule has 2 aromatic rings. The highest BCUT2D eigenvalue weighted by atomic mass is 19.4. The van der Waals surface area contributed by atoms with Gasteiger partial charge in [0.05, 0.1) is 31.1 Å². The zero-order valence-corrected chi connectivity index (χ0v) is 27.2. The standard InChI is InChI=1S/C26H41B7F3N5O2/c1-13-10-39(18-9-37-17(8-38-18)26(34,35)36)11-14(2)41(13)24(42)43-6-4-15-3-5-40(25(32,33)7-15)12-16-19(27)21(29)23(31)22(30)20(16)28/h8-9,13-15H,3-7,10-12,27-33H2,1-2H3/t13-,14-,15?/m1/s1. The lowest BCUT2D eigenvalue weighted by molar-refractivity contribution is -0.141. The molecule has 17 heteroatoms. The highest BCUT2D eigenvalue weighted by Gasteiger charge is 2.38. The number of piperidine rings is 1. The van der Waals surface area contributed by atoms with Gasteiger partial charge in [0.1, 0.15) is 60.7 Å². The van der Waals surface area contributed by atoms with Crippen LogP contribution in [0.1, 0.15) is 44.4 Å². The Kier molecular flexibility index (Phi) is 10.0. The molecule has 1 aromatic heterocycles. The minimum absolute atomic E-state index is 0.0407. The normalized spacial score (nSPS) is 22.9. The Balaban J connectivity index is 1.28. The Morgan fingerprint density at radius 2 is 1.56 bits per heavy atom. The fourth-order valence-electron chi connectivity index (χ4n) is 7.01. The minimum Gasteiger partial charge on any atom is -0.449 e. The minimum atomic E-state index is -4.53. The van der Waals surface area contributed by atoms with E-state index in [-0.39, 0.29) is 23.5 Å². The first kappa shape index (κ1) is 33.5. The molecule has 3 atom stereocenters. The van der Waals surface area contributed by atoms with Crippen molar-refractivity contribution in [2.75, 3.05) is 31.1 Å². The van der Waals surface area contributed by atoms with Gasteiger partial charge in [0.2, 0.25) is 0 Å². The number of rotatable bonds is 6. The van der Waals surface area contributed by atoms with Gasteiger partial charge in [-0.05, 0) is 56.5 Å². The number of benzene rings is 1. The molecule has 224 valence electrons. The Bertz CT molecular complexity index is 1290. The number of halogens is 3. The predicted octanol–water partition coefficient (Wildman–Crippen LogP) is -5.95. The SMILES string of the molecule is Bc1c(B)c(B)c(CN2CCC(CCOC(=O)N3[C@H](C)CN(c4cnc(C(F)(F)F)cn4)C[C@H]3C)CC2(B)B)c(B)c1B. The van der Waals surface area contributed by atoms with E-state index in [2.05, 4.69) is 69.8 Å². The van der Waals surface area contributed by atoms with Crippen molar-refractivity contribution in [1.29, 1.82) is 0 Å². The van der Waals surface area contributed by atoms with E-state index in [1.165, 1.54) is 32.9 Å². The van der Waals surface area contributed by atoms with Crippen molar-refractivity contribution in [3.05, 3.63) is 23.7 Å². The summed E-state index contributed by atoms with van der Waals surface area (Å²) in [5, 5.41) is 0.0407. The van der Waals surface area contributed by atoms with Gasteiger partial charge in [0, 0.05) is 19.6 Å². The van der Waals surface area contributed by atoms with Gasteiger partial charge >= 0.3 is 12.3 Å². The van der Waals surface area contributed by atoms with Crippen LogP contribution in [0.4, 0.5) is 23.8 Å². The first-order chi connectivity index (χ1) is 20.0. The van der Waals surface area contributed by atoms with Gasteiger partial charge in [-0.15, -0.1) is 16.4 Å². The molecule has 43 heavy (non-hydrogen) atoms. The van der Waals surface area contributed by atoms with Crippen LogP contribution in [-0.2, 0) is 17.5 Å². The number of aromatic nitrogens is 2. The van der Waals surface area contributed by atoms with Gasteiger partial charge in [0.25, 0.3) is 0 Å². The summed E-state index contributed by atoms with van der Waals surface area (Å²) in [6.07, 6.45) is -0.0228. The van der Waals surface area contributed by atoms with Crippen LogP contribution in [0, 0.1) is 5.92 Å². The molecule has 0 bridgehead atoms. The Morgan fingerprint density at radius 1 is 0.977 bits per heavy atom. The molecule has 1 unspecified atom stereocenters. The first-order valence-corrected chi connectivity index (χ1v) is 15.4. The molecule has 2 saturated heterocycles. The second-order valence-electron chi connectivity index (χ2n) is 13.4. The van der Waals surface area contributed by atoms with Gasteiger partial charge in [0.15, 0.2) is 5.69 Å². The average molecular weight is 588 g/mol. The van der Waals surface area contributed by atoms with E-state index in [0.29, 0.717) is 31.4 Å². The van der Waals surface area contributed by atoms with E-state index in [0.717, 1.165) is 44.7 Å². The van der Waals surface area contributed by atoms with Crippen LogP contribution in [0.3, 0.4) is 0 Å². The maximum Gasteiger partial charge on any atom is 0.434 e. The second kappa shape index (κ2) is 12.9. The molecular weight excluding hydrogens is 547 g/mol. The van der Waals surface area contributed by atoms with Crippen LogP contribution in [0.15, 0.2) is 12.4 Å². The maximum absolute atomic E-state index is 13.1. The van der Waals surface area contributed by atoms with E-state index in [4.69, 9.17) is 4.74 Å². The summed E-state index contributed by atoms with van der Waals surface area (Å²) < 4.78 is 44.4. The van der Waals surface area contributed by atoms with Crippen molar-refractivity contribution in [3.8, 4) is 0 Å². The maximum atomic E-state index is 13.1. The zero-order chi connectivity index (χ0) is 31.9. The van der Waals surface area contributed by atoms with Crippen molar-refractivity contribution >= 4 is 94.1 Å². The summed E-state index contributed by atoms with van der Waals surface area (Å²) in [5.74, 6) is 0.847. The number of hydrogen-bond donors (Lipinski definition) is 0. The summed E-state index contributed by atoms with van der Waals surface area (Å²) >= 11 is 0. The fraction of sp³-hybridized carbons (Fsp3) is 0.577. The number of ether oxygens (including phenoxy) is 1. The molecule has 3 heterocycles. The highest BCUT2D eigenvalue weighted by molar-refractivity contribution is 6.67. The van der Waals surface area contributed by atoms with E-state index in [1.54, 1.807) is 4.90 Å². The number of likely N-dealkylation sites (tertiary alicyclic amines) is 1. The number of carbonyl (C=O) groups excluding carboxylic acids is 1. The number of hydrogen-bond acceptors (Lipinski definition) is 6. The van der Waals surface area contributed by atoms with Crippen molar-refractivity contribution < 1.29 is 22.7 Å². The summed E-state index contributed by atoms with van der Waals surface area (Å²) in [6, 6.07) is -0.382. The molecule has 2 aliphatic heterocycles. The van der Waals surface area contributed by atoms with Crippen molar-refractivity contribution in [2.45, 2.75) is 63.3 Å². The van der Waals surface area contributed by atoms with Crippen LogP contribution >= 0.6 is 0 Å². The lowest BCUT2D eigenvalue weighted by Gasteiger charge is -2.47. The number of piperazine rings is 1. The molecule has 2 aliphatic rings. The number of carbonyl (C=O) groups is 1. The summed E-state index contributed by atoms with van der Waals surface area (Å²) in [6.45, 7) is 7.04. The van der Waals surface area contributed by atoms with Crippen LogP contribution in [0.25, 0.3) is 0 Å². The molecule has 0 aliphatic carbocycles. The van der Waals surface area contributed by atoms with Crippen LogP contribution in [-0.4, -0.2) is 124 Å². The van der Waals surface area contributed by atoms with Gasteiger partial charge in [-0.3, -0.25) is 4.90 Å². The lowest BCUT2D eigenvalue weighted by Crippen LogP contribution is -2.60. The zero-order valence-electron chi connectivity index (χ0n) is 27.2. The number of nitrogens with zero attached hydrogens (tertiary/aromatic N) is 5. The summed E-state index contributed by atoms with van der Waals surface area (Å²) in [4.78, 5) is 26.8. The third-order valence-corrected chi connectivity index (χ3v) is 10.1. The van der Waals surface area contributed by atoms with E-state index in [1.807, 2.05) is 18.7 Å². The molecule has 0 saturated carbocycles. The van der Waals surface area contributed by atoms with Gasteiger partial charge in [-0.25, -0.2) is 14.8 Å². The molecule has 0 N–H and O–H groups in total. The first-order valence-electron chi connectivity index (χ1n) is 15.4. The third-order valence-electron chi connectivity index (χ3n) is 10.1. The molecule has 1 amide bonds. The smallest absolute Gasteiger partial charge is 0.434 e. The van der Waals surface area contributed by atoms with E-state index in [9.17, 15) is 18.0 Å². The van der Waals surface area contributed by atoms with Crippen molar-refractivity contribution in [3.63, 3.8) is 0 Å². The second-order valence-corrected chi connectivity index (χ2v) is 13.4. The van der Waals surface area contributed by atoms with Crippen LogP contribution in [0.2, 0.25) is 0 Å². The number of amides is 1. The lowest BCUT2D eigenvalue weighted by atomic mass is 9.54. The quantitative estimate of drug-likeness (QED) is 0.314. The topological polar surface area (TPSA) is 61.8 Å². The van der Waals surface area contributed by atoms with Gasteiger partial charge < -0.3 is 14.5 Å². The Morgan fingerprint density at radius 3 is 2.07 bits per heavy atom. The highest BCUT2D eigenvalue weighted by Crippen LogP contribution is 2.31. The summed E-state index contributed by atoms with van der Waals surface area (Å²) in [7, 11) is 15.8. The summed E-state index contributed by atoms with van der Waals surface area (Å²) in [5.41, 5.74) is 7.43. The largest absolute Gasteiger partial charge is 0.449 e. The average Bonchev–Trinajstić information content (AvgIpc) is 2.93. The molecule has 4 rings (SSSR count). The van der Waals surface area contributed by atoms with Crippen LogP contribution < -0.4 is 32.2 Å². The van der Waals surface area contributed by atoms with E-state index < -0.39 is 11.9 Å². The Labute approximate surface area is 260 Å². The molecule has 7 nitrogen and oxygen atoms in total. The monoisotopic (exact) mass is 589 g/mol. The third kappa shape index (κ3) is 7.29. The molecule has 0 spiro atoms. The predicted molar refractivity (Wildman–Crippen MR) is 186 cm³/mol.